The minimum absolute atomic E-state index is 0.0577. The zero-order chi connectivity index (χ0) is 23.2. The number of allylic oxidation sites excluding steroid dienone is 2. The van der Waals surface area contributed by atoms with E-state index in [2.05, 4.69) is 31.5 Å². The van der Waals surface area contributed by atoms with E-state index in [1.54, 1.807) is 23.9 Å². The zero-order valence-corrected chi connectivity index (χ0v) is 18.5. The maximum Gasteiger partial charge on any atom is 0.336 e. The third-order valence-corrected chi connectivity index (χ3v) is 6.01. The molecular formula is C24H20N2O5S. The second-order valence-corrected chi connectivity index (χ2v) is 8.83. The summed E-state index contributed by atoms with van der Waals surface area (Å²) in [5, 5.41) is 9.70. The van der Waals surface area contributed by atoms with Crippen molar-refractivity contribution >= 4 is 40.6 Å². The van der Waals surface area contributed by atoms with Gasteiger partial charge in [0, 0.05) is 16.8 Å². The van der Waals surface area contributed by atoms with E-state index in [4.69, 9.17) is 4.42 Å². The first-order valence-corrected chi connectivity index (χ1v) is 10.7. The molecule has 0 unspecified atom stereocenters. The molecule has 4 rings (SSSR count). The molecule has 3 aromatic rings. The number of benzene rings is 2. The molecule has 1 aliphatic rings. The van der Waals surface area contributed by atoms with Gasteiger partial charge in [-0.15, -0.1) is 0 Å². The highest BCUT2D eigenvalue weighted by molar-refractivity contribution is 8.03. The van der Waals surface area contributed by atoms with Crippen LogP contribution in [0.5, 0.6) is 0 Å². The number of nitrogens with zero attached hydrogens (tertiary/aromatic N) is 2. The third-order valence-electron chi connectivity index (χ3n) is 4.98. The Hall–Kier alpha value is -3.65. The van der Waals surface area contributed by atoms with Gasteiger partial charge in [0.2, 0.25) is 5.89 Å². The molecule has 162 valence electrons. The summed E-state index contributed by atoms with van der Waals surface area (Å²) in [5.74, 6) is -1.83. The van der Waals surface area contributed by atoms with E-state index in [9.17, 15) is 19.5 Å². The lowest BCUT2D eigenvalue weighted by Crippen LogP contribution is -2.24. The van der Waals surface area contributed by atoms with Crippen LogP contribution in [0.3, 0.4) is 0 Å². The number of imide groups is 1. The second-order valence-electron chi connectivity index (χ2n) is 7.69. The van der Waals surface area contributed by atoms with Gasteiger partial charge < -0.3 is 9.52 Å². The minimum atomic E-state index is -1.24. The van der Waals surface area contributed by atoms with Gasteiger partial charge in [0.15, 0.2) is 5.58 Å². The van der Waals surface area contributed by atoms with Crippen LogP contribution in [-0.4, -0.2) is 39.8 Å². The molecule has 1 N–H and O–H groups in total. The largest absolute Gasteiger partial charge is 0.478 e. The topological polar surface area (TPSA) is 101 Å². The zero-order valence-electron chi connectivity index (χ0n) is 17.7. The Labute approximate surface area is 188 Å². The van der Waals surface area contributed by atoms with Crippen molar-refractivity contribution in [1.82, 2.24) is 9.88 Å². The lowest BCUT2D eigenvalue weighted by molar-refractivity contribution is 0.0685. The highest BCUT2D eigenvalue weighted by Crippen LogP contribution is 2.35. The van der Waals surface area contributed by atoms with Crippen LogP contribution in [0.2, 0.25) is 0 Å². The van der Waals surface area contributed by atoms with Crippen LogP contribution >= 0.6 is 11.8 Å². The maximum atomic E-state index is 12.4. The number of amides is 2. The first kappa shape index (κ1) is 21.6. The highest BCUT2D eigenvalue weighted by atomic mass is 32.2. The van der Waals surface area contributed by atoms with Crippen molar-refractivity contribution in [1.29, 1.82) is 0 Å². The number of carboxylic acid groups (broad SMARTS) is 1. The van der Waals surface area contributed by atoms with Gasteiger partial charge in [-0.3, -0.25) is 14.5 Å². The number of carboxylic acids is 1. The van der Waals surface area contributed by atoms with Crippen molar-refractivity contribution in [3.63, 3.8) is 0 Å². The number of hydrogen-bond donors (Lipinski definition) is 1. The second kappa shape index (κ2) is 8.12. The van der Waals surface area contributed by atoms with Gasteiger partial charge in [-0.1, -0.05) is 44.3 Å². The summed E-state index contributed by atoms with van der Waals surface area (Å²) in [6.45, 7) is 8.03. The van der Waals surface area contributed by atoms with Crippen molar-refractivity contribution in [2.75, 3.05) is 7.05 Å². The predicted molar refractivity (Wildman–Crippen MR) is 122 cm³/mol. The monoisotopic (exact) mass is 448 g/mol. The molecule has 0 radical (unpaired) electrons. The summed E-state index contributed by atoms with van der Waals surface area (Å²) in [6.07, 6.45) is 3.90. The third kappa shape index (κ3) is 3.73. The van der Waals surface area contributed by atoms with Crippen LogP contribution in [0.15, 0.2) is 63.3 Å². The fraction of sp³-hybridized carbons (Fsp3) is 0.167. The number of oxazole rings is 1. The van der Waals surface area contributed by atoms with E-state index in [1.165, 1.54) is 19.2 Å². The fourth-order valence-electron chi connectivity index (χ4n) is 3.46. The molecule has 0 aliphatic carbocycles. The number of carbonyl (C=O) groups is 3. The molecule has 7 nitrogen and oxygen atoms in total. The predicted octanol–water partition coefficient (Wildman–Crippen LogP) is 5.24. The Morgan fingerprint density at radius 3 is 2.47 bits per heavy atom. The number of thioether (sulfide) groups is 1. The molecule has 8 heteroatoms. The Balaban J connectivity index is 1.79. The maximum absolute atomic E-state index is 12.4. The molecule has 1 aromatic heterocycles. The number of aromatic nitrogens is 1. The Morgan fingerprint density at radius 1 is 1.16 bits per heavy atom. The lowest BCUT2D eigenvalue weighted by Gasteiger charge is -2.04. The van der Waals surface area contributed by atoms with Crippen molar-refractivity contribution in [2.24, 2.45) is 5.92 Å². The number of hydrogen-bond acceptors (Lipinski definition) is 6. The van der Waals surface area contributed by atoms with Gasteiger partial charge >= 0.3 is 5.97 Å². The van der Waals surface area contributed by atoms with E-state index in [-0.39, 0.29) is 28.1 Å². The van der Waals surface area contributed by atoms with Gasteiger partial charge in [-0.05, 0) is 36.2 Å². The van der Waals surface area contributed by atoms with E-state index < -0.39 is 17.8 Å². The van der Waals surface area contributed by atoms with Gasteiger partial charge in [-0.2, -0.15) is 0 Å². The SMILES string of the molecule is C=C/C(=C\C(C)C)Sc1ccc2oc(-c3cc4c(cc3C(=O)O)C(=O)N(C)C4=O)nc2c1. The molecule has 1 aliphatic heterocycles. The minimum Gasteiger partial charge on any atom is -0.478 e. The number of aromatic carboxylic acids is 1. The standard InChI is InChI=1S/C24H20N2O5S/c1-5-13(8-12(2)3)32-14-6-7-20-19(9-14)25-21(31-20)15-10-16-17(11-18(15)24(29)30)23(28)26(4)22(16)27/h5-12H,1H2,2-4H3,(H,29,30)/b13-8+. The molecule has 0 atom stereocenters. The molecule has 0 saturated heterocycles. The van der Waals surface area contributed by atoms with Gasteiger partial charge in [-0.25, -0.2) is 9.78 Å². The smallest absolute Gasteiger partial charge is 0.336 e. The summed E-state index contributed by atoms with van der Waals surface area (Å²) >= 11 is 1.54. The summed E-state index contributed by atoms with van der Waals surface area (Å²) in [7, 11) is 1.36. The van der Waals surface area contributed by atoms with Crippen LogP contribution in [-0.2, 0) is 0 Å². The summed E-state index contributed by atoms with van der Waals surface area (Å²) in [4.78, 5) is 43.9. The first-order chi connectivity index (χ1) is 15.2. The highest BCUT2D eigenvalue weighted by Gasteiger charge is 2.35. The first-order valence-electron chi connectivity index (χ1n) is 9.86. The molecule has 2 amide bonds. The summed E-state index contributed by atoms with van der Waals surface area (Å²) in [5.41, 5.74) is 1.20. The van der Waals surface area contributed by atoms with Crippen molar-refractivity contribution < 1.29 is 23.9 Å². The Kier molecular flexibility index (Phi) is 5.48. The van der Waals surface area contributed by atoms with Crippen LogP contribution < -0.4 is 0 Å². The van der Waals surface area contributed by atoms with E-state index >= 15 is 0 Å². The van der Waals surface area contributed by atoms with Crippen molar-refractivity contribution in [2.45, 2.75) is 18.7 Å². The van der Waals surface area contributed by atoms with Crippen molar-refractivity contribution in [3.05, 3.63) is 70.7 Å². The average Bonchev–Trinajstić information content (AvgIpc) is 3.26. The van der Waals surface area contributed by atoms with Crippen LogP contribution in [0, 0.1) is 5.92 Å². The molecule has 0 fully saturated rings. The average molecular weight is 449 g/mol. The van der Waals surface area contributed by atoms with Gasteiger partial charge in [0.05, 0.1) is 22.3 Å². The molecular weight excluding hydrogens is 428 g/mol. The van der Waals surface area contributed by atoms with E-state index in [1.807, 2.05) is 12.1 Å². The Bertz CT molecular complexity index is 1340. The van der Waals surface area contributed by atoms with E-state index in [0.29, 0.717) is 17.0 Å². The number of fused-ring (bicyclic) bond motifs is 2. The summed E-state index contributed by atoms with van der Waals surface area (Å²) in [6, 6.07) is 8.07. The molecule has 0 saturated carbocycles. The van der Waals surface area contributed by atoms with Gasteiger partial charge in [0.1, 0.15) is 5.52 Å². The fourth-order valence-corrected chi connectivity index (χ4v) is 4.46. The van der Waals surface area contributed by atoms with E-state index in [0.717, 1.165) is 14.7 Å². The number of rotatable bonds is 6. The molecule has 0 spiro atoms. The Morgan fingerprint density at radius 2 is 1.84 bits per heavy atom. The van der Waals surface area contributed by atoms with Crippen molar-refractivity contribution in [3.8, 4) is 11.5 Å². The van der Waals surface area contributed by atoms with Crippen LogP contribution in [0.25, 0.3) is 22.6 Å². The normalized spacial score (nSPS) is 13.9. The van der Waals surface area contributed by atoms with Crippen LogP contribution in [0.4, 0.5) is 0 Å². The molecule has 2 heterocycles. The quantitative estimate of drug-likeness (QED) is 0.313. The number of carbonyl (C=O) groups excluding carboxylic acids is 2. The molecule has 32 heavy (non-hydrogen) atoms. The summed E-state index contributed by atoms with van der Waals surface area (Å²) < 4.78 is 5.82. The van der Waals surface area contributed by atoms with Crippen LogP contribution in [0.1, 0.15) is 44.9 Å². The lowest BCUT2D eigenvalue weighted by atomic mass is 9.99. The molecule has 2 aromatic carbocycles. The molecule has 0 bridgehead atoms. The van der Waals surface area contributed by atoms with Gasteiger partial charge in [0.25, 0.3) is 11.8 Å².